The van der Waals surface area contributed by atoms with Gasteiger partial charge in [0.05, 0.1) is 17.4 Å². The van der Waals surface area contributed by atoms with Crippen LogP contribution in [-0.2, 0) is 0 Å². The molecule has 0 fully saturated rings. The Morgan fingerprint density at radius 1 is 1.30 bits per heavy atom. The van der Waals surface area contributed by atoms with E-state index in [9.17, 15) is 4.79 Å². The first-order chi connectivity index (χ1) is 9.65. The van der Waals surface area contributed by atoms with Crippen molar-refractivity contribution < 1.29 is 4.79 Å². The molecule has 0 saturated heterocycles. The highest BCUT2D eigenvalue weighted by molar-refractivity contribution is 6.09. The molecule has 2 aromatic carbocycles. The van der Waals surface area contributed by atoms with E-state index in [1.165, 1.54) is 0 Å². The van der Waals surface area contributed by atoms with Crippen LogP contribution in [0.3, 0.4) is 0 Å². The van der Waals surface area contributed by atoms with Crippen molar-refractivity contribution >= 4 is 28.2 Å². The monoisotopic (exact) mass is 266 g/mol. The Morgan fingerprint density at radius 3 is 2.95 bits per heavy atom. The van der Waals surface area contributed by atoms with E-state index >= 15 is 0 Å². The fourth-order valence-electron chi connectivity index (χ4n) is 2.05. The molecule has 4 N–H and O–H groups in total. The molecule has 0 atom stereocenters. The summed E-state index contributed by atoms with van der Waals surface area (Å²) in [5.74, 6) is -0.189. The minimum atomic E-state index is -0.189. The van der Waals surface area contributed by atoms with Gasteiger partial charge in [0, 0.05) is 16.6 Å². The molecular weight excluding hydrogens is 252 g/mol. The second kappa shape index (κ2) is 4.70. The van der Waals surface area contributed by atoms with E-state index in [1.54, 1.807) is 18.3 Å². The number of aromatic amines is 1. The molecule has 3 aromatic rings. The van der Waals surface area contributed by atoms with Gasteiger partial charge in [-0.15, -0.1) is 0 Å². The van der Waals surface area contributed by atoms with Gasteiger partial charge in [-0.25, -0.2) is 0 Å². The average molecular weight is 266 g/mol. The molecule has 5 nitrogen and oxygen atoms in total. The van der Waals surface area contributed by atoms with Crippen molar-refractivity contribution in [3.8, 4) is 0 Å². The van der Waals surface area contributed by atoms with Gasteiger partial charge in [-0.05, 0) is 36.8 Å². The van der Waals surface area contributed by atoms with E-state index in [0.29, 0.717) is 11.3 Å². The van der Waals surface area contributed by atoms with Crippen LogP contribution in [0.1, 0.15) is 15.9 Å². The number of fused-ring (bicyclic) bond motifs is 1. The van der Waals surface area contributed by atoms with Gasteiger partial charge in [-0.1, -0.05) is 12.1 Å². The van der Waals surface area contributed by atoms with Crippen LogP contribution in [-0.4, -0.2) is 16.1 Å². The topological polar surface area (TPSA) is 83.8 Å². The van der Waals surface area contributed by atoms with Crippen molar-refractivity contribution in [1.82, 2.24) is 10.2 Å². The maximum atomic E-state index is 12.2. The van der Waals surface area contributed by atoms with Gasteiger partial charge in [-0.3, -0.25) is 9.89 Å². The van der Waals surface area contributed by atoms with Crippen LogP contribution in [0, 0.1) is 6.92 Å². The first-order valence-electron chi connectivity index (χ1n) is 6.25. The average Bonchev–Trinajstić information content (AvgIpc) is 2.91. The van der Waals surface area contributed by atoms with E-state index < -0.39 is 0 Å². The van der Waals surface area contributed by atoms with Crippen molar-refractivity contribution in [3.63, 3.8) is 0 Å². The Balaban J connectivity index is 1.92. The number of nitrogens with two attached hydrogens (primary N) is 1. The Morgan fingerprint density at radius 2 is 2.15 bits per heavy atom. The number of anilines is 2. The van der Waals surface area contributed by atoms with Crippen LogP contribution in [0.2, 0.25) is 0 Å². The summed E-state index contributed by atoms with van der Waals surface area (Å²) in [6.45, 7) is 1.91. The number of nitrogen functional groups attached to an aromatic ring is 1. The number of amides is 1. The lowest BCUT2D eigenvalue weighted by Crippen LogP contribution is -2.12. The first-order valence-corrected chi connectivity index (χ1v) is 6.25. The predicted octanol–water partition coefficient (Wildman–Crippen LogP) is 2.71. The minimum absolute atomic E-state index is 0.189. The summed E-state index contributed by atoms with van der Waals surface area (Å²) in [7, 11) is 0. The van der Waals surface area contributed by atoms with Gasteiger partial charge < -0.3 is 11.1 Å². The van der Waals surface area contributed by atoms with Crippen molar-refractivity contribution in [3.05, 3.63) is 53.7 Å². The molecule has 0 aliphatic carbocycles. The molecule has 100 valence electrons. The van der Waals surface area contributed by atoms with Crippen LogP contribution >= 0.6 is 0 Å². The summed E-state index contributed by atoms with van der Waals surface area (Å²) in [4.78, 5) is 12.2. The number of H-pyrrole nitrogens is 1. The van der Waals surface area contributed by atoms with Crippen molar-refractivity contribution in [2.45, 2.75) is 6.92 Å². The molecule has 0 radical (unpaired) electrons. The Kier molecular flexibility index (Phi) is 2.87. The number of benzene rings is 2. The van der Waals surface area contributed by atoms with Crippen LogP contribution in [0.5, 0.6) is 0 Å². The second-order valence-electron chi connectivity index (χ2n) is 4.66. The highest BCUT2D eigenvalue weighted by atomic mass is 16.1. The highest BCUT2D eigenvalue weighted by Crippen LogP contribution is 2.22. The van der Waals surface area contributed by atoms with E-state index in [2.05, 4.69) is 15.5 Å². The SMILES string of the molecule is Cc1ccc(C(=O)Nc2cccc3[nH]ncc23)cc1N. The van der Waals surface area contributed by atoms with Gasteiger partial charge >= 0.3 is 0 Å². The lowest BCUT2D eigenvalue weighted by Gasteiger charge is -2.08. The van der Waals surface area contributed by atoms with Crippen molar-refractivity contribution in [1.29, 1.82) is 0 Å². The fourth-order valence-corrected chi connectivity index (χ4v) is 2.05. The van der Waals surface area contributed by atoms with Gasteiger partial charge in [0.15, 0.2) is 0 Å². The molecule has 20 heavy (non-hydrogen) atoms. The van der Waals surface area contributed by atoms with Crippen LogP contribution < -0.4 is 11.1 Å². The van der Waals surface area contributed by atoms with Gasteiger partial charge in [0.25, 0.3) is 5.91 Å². The first kappa shape index (κ1) is 12.2. The van der Waals surface area contributed by atoms with Gasteiger partial charge in [0.2, 0.25) is 0 Å². The lowest BCUT2D eigenvalue weighted by molar-refractivity contribution is 0.102. The van der Waals surface area contributed by atoms with Crippen LogP contribution in [0.15, 0.2) is 42.6 Å². The lowest BCUT2D eigenvalue weighted by atomic mass is 10.1. The van der Waals surface area contributed by atoms with Gasteiger partial charge in [0.1, 0.15) is 0 Å². The summed E-state index contributed by atoms with van der Waals surface area (Å²) in [6, 6.07) is 10.9. The number of aromatic nitrogens is 2. The van der Waals surface area contributed by atoms with E-state index in [0.717, 1.165) is 22.2 Å². The maximum Gasteiger partial charge on any atom is 0.255 e. The fraction of sp³-hybridized carbons (Fsp3) is 0.0667. The number of aryl methyl sites for hydroxylation is 1. The highest BCUT2D eigenvalue weighted by Gasteiger charge is 2.10. The minimum Gasteiger partial charge on any atom is -0.398 e. The standard InChI is InChI=1S/C15H14N4O/c1-9-5-6-10(7-12(9)16)15(20)18-13-3-2-4-14-11(13)8-17-19-14/h2-8H,16H2,1H3,(H,17,19)(H,18,20). The number of hydrogen-bond acceptors (Lipinski definition) is 3. The quantitative estimate of drug-likeness (QED) is 0.623. The molecule has 0 saturated carbocycles. The number of carbonyl (C=O) groups excluding carboxylic acids is 1. The molecule has 0 aliphatic rings. The smallest absolute Gasteiger partial charge is 0.255 e. The zero-order valence-electron chi connectivity index (χ0n) is 11.0. The number of nitrogens with zero attached hydrogens (tertiary/aromatic N) is 1. The molecule has 1 heterocycles. The molecule has 0 spiro atoms. The molecule has 3 rings (SSSR count). The third-order valence-corrected chi connectivity index (χ3v) is 3.27. The summed E-state index contributed by atoms with van der Waals surface area (Å²) in [5.41, 5.74) is 9.54. The van der Waals surface area contributed by atoms with E-state index in [1.807, 2.05) is 31.2 Å². The van der Waals surface area contributed by atoms with Crippen molar-refractivity contribution in [2.24, 2.45) is 0 Å². The third-order valence-electron chi connectivity index (χ3n) is 3.27. The Labute approximate surface area is 115 Å². The largest absolute Gasteiger partial charge is 0.398 e. The molecule has 0 aliphatic heterocycles. The summed E-state index contributed by atoms with van der Waals surface area (Å²) in [6.07, 6.45) is 1.69. The van der Waals surface area contributed by atoms with Crippen molar-refractivity contribution in [2.75, 3.05) is 11.1 Å². The number of nitrogens with one attached hydrogen (secondary N) is 2. The Hall–Kier alpha value is -2.82. The number of carbonyl (C=O) groups is 1. The normalized spacial score (nSPS) is 10.7. The summed E-state index contributed by atoms with van der Waals surface area (Å²) >= 11 is 0. The molecule has 0 bridgehead atoms. The Bertz CT molecular complexity index is 791. The molecule has 0 unspecified atom stereocenters. The van der Waals surface area contributed by atoms with E-state index in [-0.39, 0.29) is 5.91 Å². The van der Waals surface area contributed by atoms with Gasteiger partial charge in [-0.2, -0.15) is 5.10 Å². The third kappa shape index (κ3) is 2.09. The van der Waals surface area contributed by atoms with Crippen LogP contribution in [0.25, 0.3) is 10.9 Å². The maximum absolute atomic E-state index is 12.2. The number of rotatable bonds is 2. The molecule has 1 aromatic heterocycles. The van der Waals surface area contributed by atoms with E-state index in [4.69, 9.17) is 5.73 Å². The summed E-state index contributed by atoms with van der Waals surface area (Å²) in [5, 5.41) is 10.6. The van der Waals surface area contributed by atoms with Crippen LogP contribution in [0.4, 0.5) is 11.4 Å². The molecule has 5 heteroatoms. The molecule has 1 amide bonds. The molecular formula is C15H14N4O. The second-order valence-corrected chi connectivity index (χ2v) is 4.66. The summed E-state index contributed by atoms with van der Waals surface area (Å²) < 4.78 is 0. The number of hydrogen-bond donors (Lipinski definition) is 3. The zero-order chi connectivity index (χ0) is 14.1. The predicted molar refractivity (Wildman–Crippen MR) is 79.6 cm³/mol. The zero-order valence-corrected chi connectivity index (χ0v) is 11.0.